The SMILES string of the molecule is CCCC[C@H]1CN(c2ccccc2)c2cc(SC)c(OC=C(F)C(=O)O)cc2S(=O)(=O)[C@@H]1F. The second kappa shape index (κ2) is 10.6. The van der Waals surface area contributed by atoms with E-state index in [0.29, 0.717) is 35.4 Å². The van der Waals surface area contributed by atoms with Crippen LogP contribution in [-0.2, 0) is 14.6 Å². The minimum Gasteiger partial charge on any atom is -0.476 e. The smallest absolute Gasteiger partial charge is 0.368 e. The molecule has 0 saturated heterocycles. The number of para-hydroxylation sites is 1. The highest BCUT2D eigenvalue weighted by molar-refractivity contribution is 7.98. The van der Waals surface area contributed by atoms with Crippen molar-refractivity contribution in [2.24, 2.45) is 5.92 Å². The molecule has 2 aromatic rings. The van der Waals surface area contributed by atoms with E-state index < -0.39 is 33.1 Å². The molecule has 178 valence electrons. The summed E-state index contributed by atoms with van der Waals surface area (Å²) >= 11 is 1.21. The highest BCUT2D eigenvalue weighted by Gasteiger charge is 2.42. The number of rotatable bonds is 8. The van der Waals surface area contributed by atoms with Crippen molar-refractivity contribution < 1.29 is 31.8 Å². The Morgan fingerprint density at radius 3 is 2.61 bits per heavy atom. The van der Waals surface area contributed by atoms with Crippen LogP contribution in [0.3, 0.4) is 0 Å². The lowest BCUT2D eigenvalue weighted by atomic mass is 10.0. The third-order valence-corrected chi connectivity index (χ3v) is 8.09. The van der Waals surface area contributed by atoms with Crippen LogP contribution in [0.4, 0.5) is 20.2 Å². The number of carboxylic acids is 1. The van der Waals surface area contributed by atoms with Crippen molar-refractivity contribution in [1.82, 2.24) is 0 Å². The number of halogens is 2. The Bertz CT molecular complexity index is 1140. The largest absolute Gasteiger partial charge is 0.476 e. The van der Waals surface area contributed by atoms with Crippen LogP contribution in [0.2, 0.25) is 0 Å². The van der Waals surface area contributed by atoms with Gasteiger partial charge in [0.1, 0.15) is 12.0 Å². The number of sulfone groups is 1. The van der Waals surface area contributed by atoms with E-state index in [9.17, 15) is 17.6 Å². The predicted octanol–water partition coefficient (Wildman–Crippen LogP) is 5.71. The Hall–Kier alpha value is -2.59. The zero-order valence-electron chi connectivity index (χ0n) is 18.2. The molecule has 0 radical (unpaired) electrons. The van der Waals surface area contributed by atoms with Crippen molar-refractivity contribution in [1.29, 1.82) is 0 Å². The van der Waals surface area contributed by atoms with E-state index in [-0.39, 0.29) is 17.2 Å². The van der Waals surface area contributed by atoms with Gasteiger partial charge in [-0.05, 0) is 30.9 Å². The molecule has 1 aliphatic rings. The summed E-state index contributed by atoms with van der Waals surface area (Å²) in [4.78, 5) is 12.7. The maximum Gasteiger partial charge on any atom is 0.368 e. The molecule has 0 spiro atoms. The summed E-state index contributed by atoms with van der Waals surface area (Å²) in [5.41, 5.74) is -1.12. The number of carboxylic acid groups (broad SMARTS) is 1. The Balaban J connectivity index is 2.21. The average Bonchev–Trinajstić information content (AvgIpc) is 2.89. The third kappa shape index (κ3) is 5.33. The van der Waals surface area contributed by atoms with E-state index in [4.69, 9.17) is 9.84 Å². The zero-order valence-corrected chi connectivity index (χ0v) is 19.8. The van der Waals surface area contributed by atoms with Crippen molar-refractivity contribution in [3.05, 3.63) is 54.6 Å². The molecule has 0 bridgehead atoms. The van der Waals surface area contributed by atoms with Crippen LogP contribution in [0.1, 0.15) is 26.2 Å². The normalized spacial score (nSPS) is 20.1. The number of hydrogen-bond donors (Lipinski definition) is 1. The molecule has 1 aliphatic heterocycles. The van der Waals surface area contributed by atoms with E-state index in [1.807, 2.05) is 37.3 Å². The van der Waals surface area contributed by atoms with Gasteiger partial charge in [-0.25, -0.2) is 17.6 Å². The van der Waals surface area contributed by atoms with E-state index in [1.165, 1.54) is 11.8 Å². The molecule has 0 amide bonds. The van der Waals surface area contributed by atoms with Crippen LogP contribution in [0.15, 0.2) is 64.3 Å². The molecule has 0 aliphatic carbocycles. The minimum atomic E-state index is -4.41. The molecular formula is C23H25F2NO5S2. The number of fused-ring (bicyclic) bond motifs is 1. The summed E-state index contributed by atoms with van der Waals surface area (Å²) < 4.78 is 60.8. The van der Waals surface area contributed by atoms with Crippen LogP contribution in [0.5, 0.6) is 5.75 Å². The molecule has 3 rings (SSSR count). The molecule has 0 aromatic heterocycles. The average molecular weight is 498 g/mol. The van der Waals surface area contributed by atoms with Gasteiger partial charge in [0.05, 0.1) is 15.5 Å². The summed E-state index contributed by atoms with van der Waals surface area (Å²) in [6, 6.07) is 11.8. The molecule has 1 heterocycles. The number of anilines is 2. The fourth-order valence-electron chi connectivity index (χ4n) is 3.72. The van der Waals surface area contributed by atoms with E-state index in [1.54, 1.807) is 17.2 Å². The molecule has 1 N–H and O–H groups in total. The minimum absolute atomic E-state index is 0.0755. The maximum absolute atomic E-state index is 15.5. The van der Waals surface area contributed by atoms with Crippen molar-refractivity contribution in [2.45, 2.75) is 41.5 Å². The zero-order chi connectivity index (χ0) is 24.2. The molecular weight excluding hydrogens is 472 g/mol. The van der Waals surface area contributed by atoms with Gasteiger partial charge in [0.2, 0.25) is 21.2 Å². The van der Waals surface area contributed by atoms with E-state index >= 15 is 4.39 Å². The molecule has 2 atom stereocenters. The summed E-state index contributed by atoms with van der Waals surface area (Å²) in [6.45, 7) is 2.12. The number of hydrogen-bond acceptors (Lipinski definition) is 6. The fourth-order valence-corrected chi connectivity index (χ4v) is 5.96. The summed E-state index contributed by atoms with van der Waals surface area (Å²) in [5, 5.41) is 8.71. The molecule has 0 fully saturated rings. The number of alkyl halides is 1. The molecule has 33 heavy (non-hydrogen) atoms. The molecule has 10 heteroatoms. The van der Waals surface area contributed by atoms with Crippen molar-refractivity contribution >= 4 is 38.9 Å². The van der Waals surface area contributed by atoms with Crippen molar-refractivity contribution in [3.8, 4) is 5.75 Å². The van der Waals surface area contributed by atoms with Gasteiger partial charge in [-0.2, -0.15) is 4.39 Å². The summed E-state index contributed by atoms with van der Waals surface area (Å²) in [7, 11) is -4.41. The molecule has 0 unspecified atom stereocenters. The Morgan fingerprint density at radius 1 is 1.30 bits per heavy atom. The number of ether oxygens (including phenoxy) is 1. The van der Waals surface area contributed by atoms with Gasteiger partial charge >= 0.3 is 5.97 Å². The number of benzene rings is 2. The third-order valence-electron chi connectivity index (χ3n) is 5.42. The Morgan fingerprint density at radius 2 is 2.00 bits per heavy atom. The highest BCUT2D eigenvalue weighted by Crippen LogP contribution is 2.45. The van der Waals surface area contributed by atoms with Crippen LogP contribution < -0.4 is 9.64 Å². The molecule has 6 nitrogen and oxygen atoms in total. The Labute approximate surface area is 196 Å². The van der Waals surface area contributed by atoms with Gasteiger partial charge in [0.15, 0.2) is 0 Å². The second-order valence-corrected chi connectivity index (χ2v) is 10.4. The maximum atomic E-state index is 15.5. The first kappa shape index (κ1) is 25.0. The quantitative estimate of drug-likeness (QED) is 0.284. The van der Waals surface area contributed by atoms with Gasteiger partial charge in [-0.3, -0.25) is 0 Å². The van der Waals surface area contributed by atoms with Crippen LogP contribution >= 0.6 is 11.8 Å². The first-order valence-corrected chi connectivity index (χ1v) is 13.2. The predicted molar refractivity (Wildman–Crippen MR) is 124 cm³/mol. The number of thioether (sulfide) groups is 1. The highest BCUT2D eigenvalue weighted by atomic mass is 32.2. The number of nitrogens with zero attached hydrogens (tertiary/aromatic N) is 1. The fraction of sp³-hybridized carbons (Fsp3) is 0.348. The van der Waals surface area contributed by atoms with Crippen LogP contribution in [0, 0.1) is 5.92 Å². The second-order valence-electron chi connectivity index (χ2n) is 7.60. The number of unbranched alkanes of at least 4 members (excludes halogenated alkanes) is 1. The van der Waals surface area contributed by atoms with Crippen molar-refractivity contribution in [2.75, 3.05) is 17.7 Å². The van der Waals surface area contributed by atoms with Gasteiger partial charge < -0.3 is 14.7 Å². The van der Waals surface area contributed by atoms with Gasteiger partial charge in [0.25, 0.3) is 0 Å². The first-order chi connectivity index (χ1) is 15.7. The first-order valence-electron chi connectivity index (χ1n) is 10.4. The standard InChI is InChI=1S/C23H25F2NO5S2/c1-3-4-8-15-13-26(16-9-6-5-7-10-16)18-11-20(32-2)19(31-14-17(24)23(27)28)12-21(18)33(29,30)22(15)25/h5-7,9-12,14-15,22H,3-4,8,13H2,1-2H3,(H,27,28)/t15-,22-/m0/s1. The monoisotopic (exact) mass is 497 g/mol. The van der Waals surface area contributed by atoms with Crippen LogP contribution in [0.25, 0.3) is 0 Å². The molecule has 2 aromatic carbocycles. The van der Waals surface area contributed by atoms with Crippen LogP contribution in [-0.4, -0.2) is 37.8 Å². The van der Waals surface area contributed by atoms with Gasteiger partial charge in [0, 0.05) is 24.2 Å². The van der Waals surface area contributed by atoms with E-state index in [2.05, 4.69) is 0 Å². The Kier molecular flexibility index (Phi) is 8.01. The number of carbonyl (C=O) groups is 1. The summed E-state index contributed by atoms with van der Waals surface area (Å²) in [6.07, 6.45) is 3.99. The lowest BCUT2D eigenvalue weighted by Crippen LogP contribution is -2.31. The lowest BCUT2D eigenvalue weighted by molar-refractivity contribution is -0.134. The summed E-state index contributed by atoms with van der Waals surface area (Å²) in [5.74, 6) is -4.20. The lowest BCUT2D eigenvalue weighted by Gasteiger charge is -2.28. The number of aliphatic carboxylic acids is 1. The van der Waals surface area contributed by atoms with Gasteiger partial charge in [-0.15, -0.1) is 11.8 Å². The van der Waals surface area contributed by atoms with Crippen molar-refractivity contribution in [3.63, 3.8) is 0 Å². The topological polar surface area (TPSA) is 83.9 Å². The van der Waals surface area contributed by atoms with E-state index in [0.717, 1.165) is 12.5 Å². The van der Waals surface area contributed by atoms with Gasteiger partial charge in [-0.1, -0.05) is 38.0 Å². The molecule has 0 saturated carbocycles.